The quantitative estimate of drug-likeness (QED) is 0.847. The van der Waals surface area contributed by atoms with E-state index in [1.54, 1.807) is 4.68 Å². The molecule has 4 rings (SSSR count). The Balaban J connectivity index is 1.64. The van der Waals surface area contributed by atoms with Crippen LogP contribution in [0.4, 0.5) is 0 Å². The van der Waals surface area contributed by atoms with Crippen LogP contribution >= 0.6 is 0 Å². The van der Waals surface area contributed by atoms with E-state index in [9.17, 15) is 4.79 Å². The summed E-state index contributed by atoms with van der Waals surface area (Å²) >= 11 is 0. The Hall–Kier alpha value is -2.25. The van der Waals surface area contributed by atoms with E-state index in [0.29, 0.717) is 33.0 Å². The van der Waals surface area contributed by atoms with E-state index in [-0.39, 0.29) is 17.9 Å². The maximum atomic E-state index is 12.9. The standard InChI is InChI=1S/C17H20N4O3/c22-17(13-6-8-23-10-13)20-7-9-24-11-15(20)16-18-12-19-21(16)14-4-2-1-3-5-14/h1-5,12-13,15H,6-11H2/t13-,15-/m1/s1. The minimum absolute atomic E-state index is 0.0568. The highest BCUT2D eigenvalue weighted by atomic mass is 16.5. The van der Waals surface area contributed by atoms with Gasteiger partial charge in [-0.15, -0.1) is 0 Å². The predicted octanol–water partition coefficient (Wildman–Crippen LogP) is 1.20. The molecule has 1 aromatic carbocycles. The first-order valence-electron chi connectivity index (χ1n) is 8.26. The summed E-state index contributed by atoms with van der Waals surface area (Å²) in [5, 5.41) is 4.34. The average Bonchev–Trinajstić information content (AvgIpc) is 3.33. The summed E-state index contributed by atoms with van der Waals surface area (Å²) in [5.41, 5.74) is 0.923. The van der Waals surface area contributed by atoms with Gasteiger partial charge in [0.1, 0.15) is 12.4 Å². The van der Waals surface area contributed by atoms with Gasteiger partial charge < -0.3 is 14.4 Å². The van der Waals surface area contributed by atoms with Crippen LogP contribution < -0.4 is 0 Å². The lowest BCUT2D eigenvalue weighted by Gasteiger charge is -2.36. The van der Waals surface area contributed by atoms with Gasteiger partial charge in [-0.05, 0) is 18.6 Å². The Labute approximate surface area is 140 Å². The van der Waals surface area contributed by atoms with Crippen LogP contribution in [0.2, 0.25) is 0 Å². The van der Waals surface area contributed by atoms with E-state index in [0.717, 1.165) is 17.9 Å². The topological polar surface area (TPSA) is 69.5 Å². The molecule has 7 heteroatoms. The normalized spacial score (nSPS) is 24.2. The van der Waals surface area contributed by atoms with Crippen LogP contribution in [0.5, 0.6) is 0 Å². The molecule has 2 fully saturated rings. The molecule has 0 bridgehead atoms. The molecule has 2 aromatic rings. The van der Waals surface area contributed by atoms with Gasteiger partial charge in [0, 0.05) is 13.2 Å². The summed E-state index contributed by atoms with van der Waals surface area (Å²) < 4.78 is 12.8. The highest BCUT2D eigenvalue weighted by Crippen LogP contribution is 2.27. The second-order valence-electron chi connectivity index (χ2n) is 6.05. The summed E-state index contributed by atoms with van der Waals surface area (Å²) in [5.74, 6) is 0.801. The Morgan fingerprint density at radius 1 is 1.12 bits per heavy atom. The predicted molar refractivity (Wildman–Crippen MR) is 85.6 cm³/mol. The van der Waals surface area contributed by atoms with Crippen molar-refractivity contribution in [3.63, 3.8) is 0 Å². The Morgan fingerprint density at radius 2 is 1.96 bits per heavy atom. The number of amides is 1. The average molecular weight is 328 g/mol. The molecule has 3 heterocycles. The maximum Gasteiger partial charge on any atom is 0.228 e. The molecular formula is C17H20N4O3. The van der Waals surface area contributed by atoms with Gasteiger partial charge in [-0.1, -0.05) is 18.2 Å². The first kappa shape index (κ1) is 15.3. The van der Waals surface area contributed by atoms with Gasteiger partial charge in [0.05, 0.1) is 31.4 Å². The van der Waals surface area contributed by atoms with Gasteiger partial charge >= 0.3 is 0 Å². The molecule has 1 aromatic heterocycles. The fourth-order valence-corrected chi connectivity index (χ4v) is 3.29. The summed E-state index contributed by atoms with van der Waals surface area (Å²) in [6, 6.07) is 9.58. The van der Waals surface area contributed by atoms with Crippen LogP contribution in [0.3, 0.4) is 0 Å². The number of para-hydroxylation sites is 1. The van der Waals surface area contributed by atoms with Gasteiger partial charge in [-0.2, -0.15) is 5.10 Å². The summed E-state index contributed by atoms with van der Waals surface area (Å²) in [6.07, 6.45) is 2.31. The van der Waals surface area contributed by atoms with Crippen molar-refractivity contribution in [2.24, 2.45) is 5.92 Å². The number of benzene rings is 1. The van der Waals surface area contributed by atoms with E-state index in [2.05, 4.69) is 10.1 Å². The van der Waals surface area contributed by atoms with Crippen molar-refractivity contribution < 1.29 is 14.3 Å². The van der Waals surface area contributed by atoms with Gasteiger partial charge in [0.2, 0.25) is 5.91 Å². The first-order valence-corrected chi connectivity index (χ1v) is 8.26. The van der Waals surface area contributed by atoms with E-state index in [1.165, 1.54) is 6.33 Å². The Kier molecular flexibility index (Phi) is 4.27. The molecule has 2 aliphatic rings. The molecule has 0 radical (unpaired) electrons. The third kappa shape index (κ3) is 2.81. The van der Waals surface area contributed by atoms with E-state index in [1.807, 2.05) is 35.2 Å². The number of morpholine rings is 1. The van der Waals surface area contributed by atoms with E-state index >= 15 is 0 Å². The van der Waals surface area contributed by atoms with Crippen molar-refractivity contribution in [1.82, 2.24) is 19.7 Å². The largest absolute Gasteiger partial charge is 0.381 e. The molecule has 2 atom stereocenters. The van der Waals surface area contributed by atoms with Crippen molar-refractivity contribution in [1.29, 1.82) is 0 Å². The summed E-state index contributed by atoms with van der Waals surface area (Å²) in [6.45, 7) is 2.72. The minimum Gasteiger partial charge on any atom is -0.381 e. The minimum atomic E-state index is -0.227. The van der Waals surface area contributed by atoms with Crippen molar-refractivity contribution >= 4 is 5.91 Å². The lowest BCUT2D eigenvalue weighted by molar-refractivity contribution is -0.145. The van der Waals surface area contributed by atoms with Crippen molar-refractivity contribution in [2.45, 2.75) is 12.5 Å². The Morgan fingerprint density at radius 3 is 2.75 bits per heavy atom. The fourth-order valence-electron chi connectivity index (χ4n) is 3.29. The lowest BCUT2D eigenvalue weighted by atomic mass is 10.1. The monoisotopic (exact) mass is 328 g/mol. The molecular weight excluding hydrogens is 308 g/mol. The molecule has 0 unspecified atom stereocenters. The SMILES string of the molecule is O=C([C@@H]1CCOC1)N1CCOC[C@@H]1c1ncnn1-c1ccccc1. The van der Waals surface area contributed by atoms with E-state index in [4.69, 9.17) is 9.47 Å². The molecule has 7 nitrogen and oxygen atoms in total. The molecule has 0 spiro atoms. The van der Waals surface area contributed by atoms with Crippen LogP contribution in [-0.4, -0.2) is 58.5 Å². The van der Waals surface area contributed by atoms with Crippen LogP contribution in [0.25, 0.3) is 5.69 Å². The zero-order chi connectivity index (χ0) is 16.4. The molecule has 2 aliphatic heterocycles. The van der Waals surface area contributed by atoms with Crippen LogP contribution in [-0.2, 0) is 14.3 Å². The number of rotatable bonds is 3. The summed E-state index contributed by atoms with van der Waals surface area (Å²) in [4.78, 5) is 19.2. The molecule has 2 saturated heterocycles. The third-order valence-electron chi connectivity index (χ3n) is 4.56. The van der Waals surface area contributed by atoms with Crippen LogP contribution in [0.1, 0.15) is 18.3 Å². The number of hydrogen-bond acceptors (Lipinski definition) is 5. The molecule has 0 N–H and O–H groups in total. The van der Waals surface area contributed by atoms with Crippen LogP contribution in [0.15, 0.2) is 36.7 Å². The highest BCUT2D eigenvalue weighted by molar-refractivity contribution is 5.79. The third-order valence-corrected chi connectivity index (χ3v) is 4.56. The van der Waals surface area contributed by atoms with Gasteiger partial charge in [-0.25, -0.2) is 9.67 Å². The molecule has 1 amide bonds. The van der Waals surface area contributed by atoms with Gasteiger partial charge in [0.15, 0.2) is 5.82 Å². The molecule has 24 heavy (non-hydrogen) atoms. The van der Waals surface area contributed by atoms with Crippen molar-refractivity contribution in [2.75, 3.05) is 33.0 Å². The highest BCUT2D eigenvalue weighted by Gasteiger charge is 2.36. The van der Waals surface area contributed by atoms with Crippen LogP contribution in [0, 0.1) is 5.92 Å². The molecule has 0 aliphatic carbocycles. The first-order chi connectivity index (χ1) is 11.8. The number of carbonyl (C=O) groups excluding carboxylic acids is 1. The number of nitrogens with zero attached hydrogens (tertiary/aromatic N) is 4. The molecule has 0 saturated carbocycles. The fraction of sp³-hybridized carbons (Fsp3) is 0.471. The zero-order valence-corrected chi connectivity index (χ0v) is 13.4. The van der Waals surface area contributed by atoms with Gasteiger partial charge in [-0.3, -0.25) is 4.79 Å². The van der Waals surface area contributed by atoms with Gasteiger partial charge in [0.25, 0.3) is 0 Å². The lowest BCUT2D eigenvalue weighted by Crippen LogP contribution is -2.47. The number of ether oxygens (including phenoxy) is 2. The molecule has 126 valence electrons. The van der Waals surface area contributed by atoms with E-state index < -0.39 is 0 Å². The zero-order valence-electron chi connectivity index (χ0n) is 13.4. The summed E-state index contributed by atoms with van der Waals surface area (Å²) in [7, 11) is 0. The van der Waals surface area contributed by atoms with Crippen molar-refractivity contribution in [3.8, 4) is 5.69 Å². The second-order valence-corrected chi connectivity index (χ2v) is 6.05. The Bertz CT molecular complexity index is 697. The van der Waals surface area contributed by atoms with Crippen molar-refractivity contribution in [3.05, 3.63) is 42.5 Å². The second kappa shape index (κ2) is 6.70. The number of hydrogen-bond donors (Lipinski definition) is 0. The smallest absolute Gasteiger partial charge is 0.228 e. The maximum absolute atomic E-state index is 12.9. The number of aromatic nitrogens is 3. The number of carbonyl (C=O) groups is 1.